The fraction of sp³-hybridized carbons (Fsp3) is 0.500. The third-order valence-electron chi connectivity index (χ3n) is 5.19. The van der Waals surface area contributed by atoms with E-state index >= 15 is 0 Å². The van der Waals surface area contributed by atoms with Crippen LogP contribution in [0, 0.1) is 5.92 Å². The number of hydrogen-bond donors (Lipinski definition) is 1. The van der Waals surface area contributed by atoms with Crippen LogP contribution in [0.25, 0.3) is 0 Å². The van der Waals surface area contributed by atoms with Gasteiger partial charge in [-0.05, 0) is 31.0 Å². The molecule has 2 aliphatic rings. The van der Waals surface area contributed by atoms with Crippen molar-refractivity contribution in [2.75, 3.05) is 19.6 Å². The zero-order valence-electron chi connectivity index (χ0n) is 14.1. The topological polar surface area (TPSA) is 82.4 Å². The maximum atomic E-state index is 12.9. The number of H-pyrrole nitrogens is 1. The number of carbonyl (C=O) groups excluding carboxylic acids is 2. The van der Waals surface area contributed by atoms with Gasteiger partial charge in [-0.2, -0.15) is 5.10 Å². The summed E-state index contributed by atoms with van der Waals surface area (Å²) in [6.45, 7) is 2.38. The van der Waals surface area contributed by atoms with Crippen molar-refractivity contribution in [2.45, 2.75) is 31.7 Å². The average Bonchev–Trinajstić information content (AvgIpc) is 3.38. The van der Waals surface area contributed by atoms with E-state index in [1.165, 1.54) is 0 Å². The van der Waals surface area contributed by atoms with Crippen LogP contribution in [0.15, 0.2) is 35.1 Å². The third kappa shape index (κ3) is 3.31. The van der Waals surface area contributed by atoms with Crippen molar-refractivity contribution in [1.82, 2.24) is 20.0 Å². The van der Waals surface area contributed by atoms with Gasteiger partial charge in [0.15, 0.2) is 0 Å². The normalized spacial score (nSPS) is 24.1. The molecular weight excluding hydrogens is 320 g/mol. The lowest BCUT2D eigenvalue weighted by molar-refractivity contribution is -0.137. The minimum Gasteiger partial charge on any atom is -0.467 e. The number of hydrogen-bond acceptors (Lipinski definition) is 4. The van der Waals surface area contributed by atoms with Crippen molar-refractivity contribution in [3.8, 4) is 0 Å². The van der Waals surface area contributed by atoms with Gasteiger partial charge in [-0.1, -0.05) is 0 Å². The zero-order chi connectivity index (χ0) is 17.2. The van der Waals surface area contributed by atoms with Crippen molar-refractivity contribution in [3.05, 3.63) is 42.1 Å². The molecule has 0 spiro atoms. The van der Waals surface area contributed by atoms with Crippen LogP contribution in [-0.2, 0) is 16.1 Å². The van der Waals surface area contributed by atoms with Gasteiger partial charge >= 0.3 is 0 Å². The maximum Gasteiger partial charge on any atom is 0.228 e. The summed E-state index contributed by atoms with van der Waals surface area (Å²) in [6.07, 6.45) is 5.68. The molecule has 0 radical (unpaired) electrons. The van der Waals surface area contributed by atoms with E-state index in [0.717, 1.165) is 30.8 Å². The summed E-state index contributed by atoms with van der Waals surface area (Å²) < 4.78 is 5.31. The van der Waals surface area contributed by atoms with Crippen LogP contribution in [0.4, 0.5) is 0 Å². The molecule has 2 aromatic heterocycles. The van der Waals surface area contributed by atoms with E-state index in [1.807, 2.05) is 23.1 Å². The Kier molecular flexibility index (Phi) is 4.29. The number of aromatic amines is 1. The van der Waals surface area contributed by atoms with Gasteiger partial charge in [0.05, 0.1) is 18.7 Å². The molecule has 0 aromatic carbocycles. The fourth-order valence-corrected chi connectivity index (χ4v) is 3.86. The first kappa shape index (κ1) is 15.9. The summed E-state index contributed by atoms with van der Waals surface area (Å²) in [5.41, 5.74) is 1.08. The molecule has 2 aliphatic heterocycles. The largest absolute Gasteiger partial charge is 0.467 e. The first-order chi connectivity index (χ1) is 12.2. The Morgan fingerprint density at radius 2 is 2.28 bits per heavy atom. The summed E-state index contributed by atoms with van der Waals surface area (Å²) in [6, 6.07) is 5.63. The van der Waals surface area contributed by atoms with E-state index < -0.39 is 0 Å². The second-order valence-corrected chi connectivity index (χ2v) is 6.89. The Morgan fingerprint density at radius 1 is 1.36 bits per heavy atom. The van der Waals surface area contributed by atoms with Crippen LogP contribution in [0.3, 0.4) is 0 Å². The van der Waals surface area contributed by atoms with E-state index in [2.05, 4.69) is 10.2 Å². The lowest BCUT2D eigenvalue weighted by Crippen LogP contribution is -2.43. The van der Waals surface area contributed by atoms with Gasteiger partial charge in [0.2, 0.25) is 11.8 Å². The first-order valence-electron chi connectivity index (χ1n) is 8.79. The number of aromatic nitrogens is 2. The van der Waals surface area contributed by atoms with Crippen LogP contribution in [0.5, 0.6) is 0 Å². The number of nitrogens with zero attached hydrogens (tertiary/aromatic N) is 3. The zero-order valence-corrected chi connectivity index (χ0v) is 14.1. The summed E-state index contributed by atoms with van der Waals surface area (Å²) >= 11 is 0. The minimum atomic E-state index is -0.247. The van der Waals surface area contributed by atoms with Crippen molar-refractivity contribution in [3.63, 3.8) is 0 Å². The summed E-state index contributed by atoms with van der Waals surface area (Å²) in [5, 5.41) is 7.03. The summed E-state index contributed by atoms with van der Waals surface area (Å²) in [7, 11) is 0. The second-order valence-electron chi connectivity index (χ2n) is 6.89. The SMILES string of the molecule is O=C1C[C@H](C(=O)N2CCC[C@H](c3ccn[nH]3)C2)CN1Cc1ccco1. The molecule has 25 heavy (non-hydrogen) atoms. The summed E-state index contributed by atoms with van der Waals surface area (Å²) in [4.78, 5) is 28.8. The molecule has 0 saturated carbocycles. The van der Waals surface area contributed by atoms with Gasteiger partial charge in [-0.3, -0.25) is 14.7 Å². The smallest absolute Gasteiger partial charge is 0.228 e. The molecule has 2 saturated heterocycles. The monoisotopic (exact) mass is 342 g/mol. The van der Waals surface area contributed by atoms with Gasteiger partial charge in [0.25, 0.3) is 0 Å². The Labute approximate surface area is 146 Å². The highest BCUT2D eigenvalue weighted by molar-refractivity contribution is 5.89. The van der Waals surface area contributed by atoms with E-state index in [9.17, 15) is 9.59 Å². The Bertz CT molecular complexity index is 726. The molecule has 2 atom stereocenters. The second kappa shape index (κ2) is 6.74. The number of nitrogens with one attached hydrogen (secondary N) is 1. The standard InChI is InChI=1S/C18H22N4O3/c23-17-9-14(11-22(17)12-15-4-2-8-25-15)18(24)21-7-1-3-13(10-21)16-5-6-19-20-16/h2,4-6,8,13-14H,1,3,7,9-12H2,(H,19,20)/t13-,14-/m0/s1. The van der Waals surface area contributed by atoms with Gasteiger partial charge in [0, 0.05) is 43.9 Å². The number of amides is 2. The number of piperidine rings is 1. The van der Waals surface area contributed by atoms with E-state index in [4.69, 9.17) is 4.42 Å². The van der Waals surface area contributed by atoms with E-state index in [-0.39, 0.29) is 17.7 Å². The molecule has 4 rings (SSSR count). The van der Waals surface area contributed by atoms with E-state index in [0.29, 0.717) is 32.0 Å². The van der Waals surface area contributed by atoms with Crippen molar-refractivity contribution >= 4 is 11.8 Å². The van der Waals surface area contributed by atoms with Crippen molar-refractivity contribution in [1.29, 1.82) is 0 Å². The predicted molar refractivity (Wildman–Crippen MR) is 89.4 cm³/mol. The Balaban J connectivity index is 1.38. The van der Waals surface area contributed by atoms with Gasteiger partial charge in [-0.15, -0.1) is 0 Å². The van der Waals surface area contributed by atoms with E-state index in [1.54, 1.807) is 17.4 Å². The van der Waals surface area contributed by atoms with Crippen LogP contribution < -0.4 is 0 Å². The molecule has 0 unspecified atom stereocenters. The van der Waals surface area contributed by atoms with Gasteiger partial charge in [0.1, 0.15) is 5.76 Å². The predicted octanol–water partition coefficient (Wildman–Crippen LogP) is 1.76. The third-order valence-corrected chi connectivity index (χ3v) is 5.19. The number of carbonyl (C=O) groups is 2. The van der Waals surface area contributed by atoms with Crippen LogP contribution in [0.2, 0.25) is 0 Å². The molecule has 0 aliphatic carbocycles. The quantitative estimate of drug-likeness (QED) is 0.918. The molecule has 7 nitrogen and oxygen atoms in total. The van der Waals surface area contributed by atoms with Crippen LogP contribution >= 0.6 is 0 Å². The highest BCUT2D eigenvalue weighted by Crippen LogP contribution is 2.28. The minimum absolute atomic E-state index is 0.0249. The Morgan fingerprint density at radius 3 is 3.04 bits per heavy atom. The molecule has 4 heterocycles. The molecular formula is C18H22N4O3. The highest BCUT2D eigenvalue weighted by Gasteiger charge is 2.38. The maximum absolute atomic E-state index is 12.9. The average molecular weight is 342 g/mol. The number of rotatable bonds is 4. The van der Waals surface area contributed by atoms with Crippen LogP contribution in [-0.4, -0.2) is 51.4 Å². The fourth-order valence-electron chi connectivity index (χ4n) is 3.86. The molecule has 132 valence electrons. The molecule has 2 fully saturated rings. The molecule has 1 N–H and O–H groups in total. The van der Waals surface area contributed by atoms with Gasteiger partial charge < -0.3 is 14.2 Å². The molecule has 2 aromatic rings. The van der Waals surface area contributed by atoms with Crippen molar-refractivity contribution < 1.29 is 14.0 Å². The highest BCUT2D eigenvalue weighted by atomic mass is 16.3. The van der Waals surface area contributed by atoms with Crippen molar-refractivity contribution in [2.24, 2.45) is 5.92 Å². The van der Waals surface area contributed by atoms with Gasteiger partial charge in [-0.25, -0.2) is 0 Å². The lowest BCUT2D eigenvalue weighted by atomic mass is 9.93. The van der Waals surface area contributed by atoms with Crippen LogP contribution in [0.1, 0.15) is 36.6 Å². The summed E-state index contributed by atoms with van der Waals surface area (Å²) in [5.74, 6) is 0.926. The molecule has 0 bridgehead atoms. The molecule has 2 amide bonds. The number of furan rings is 1. The lowest BCUT2D eigenvalue weighted by Gasteiger charge is -2.33. The molecule has 7 heteroatoms. The first-order valence-corrected chi connectivity index (χ1v) is 8.79. The number of likely N-dealkylation sites (tertiary alicyclic amines) is 2. The Hall–Kier alpha value is -2.57.